The second-order valence-electron chi connectivity index (χ2n) is 6.23. The summed E-state index contributed by atoms with van der Waals surface area (Å²) in [5.41, 5.74) is 0.418. The predicted molar refractivity (Wildman–Crippen MR) is 80.2 cm³/mol. The molecule has 1 saturated heterocycles. The minimum Gasteiger partial charge on any atom is -0.312 e. The molecule has 0 amide bonds. The molecule has 0 radical (unpaired) electrons. The van der Waals surface area contributed by atoms with Gasteiger partial charge in [0.2, 0.25) is 0 Å². The van der Waals surface area contributed by atoms with Gasteiger partial charge in [-0.05, 0) is 50.2 Å². The highest BCUT2D eigenvalue weighted by Gasteiger charge is 2.33. The van der Waals surface area contributed by atoms with Crippen molar-refractivity contribution in [3.8, 4) is 0 Å². The number of rotatable bonds is 4. The zero-order valence-electron chi connectivity index (χ0n) is 12.1. The molecule has 1 fully saturated rings. The average molecular weight is 266 g/mol. The molecule has 0 spiro atoms. The Morgan fingerprint density at radius 3 is 2.94 bits per heavy atom. The highest BCUT2D eigenvalue weighted by atomic mass is 32.1. The molecule has 1 aliphatic rings. The van der Waals surface area contributed by atoms with Crippen molar-refractivity contribution in [1.29, 1.82) is 0 Å². The van der Waals surface area contributed by atoms with Gasteiger partial charge in [0.1, 0.15) is 0 Å². The number of nitrogens with one attached hydrogen (secondary N) is 1. The van der Waals surface area contributed by atoms with Gasteiger partial charge in [-0.1, -0.05) is 19.9 Å². The average Bonchev–Trinajstić information content (AvgIpc) is 2.84. The number of hydrogen-bond donors (Lipinski definition) is 1. The Morgan fingerprint density at radius 1 is 1.56 bits per heavy atom. The Balaban J connectivity index is 1.96. The van der Waals surface area contributed by atoms with Crippen LogP contribution in [0, 0.1) is 5.41 Å². The van der Waals surface area contributed by atoms with E-state index in [0.29, 0.717) is 17.5 Å². The molecule has 102 valence electrons. The molecule has 1 aromatic rings. The van der Waals surface area contributed by atoms with Crippen molar-refractivity contribution in [2.75, 3.05) is 20.1 Å². The summed E-state index contributed by atoms with van der Waals surface area (Å²) in [6, 6.07) is 5.52. The maximum absolute atomic E-state index is 3.70. The molecular weight excluding hydrogens is 240 g/mol. The first-order valence-corrected chi connectivity index (χ1v) is 7.86. The van der Waals surface area contributed by atoms with E-state index in [-0.39, 0.29) is 0 Å². The summed E-state index contributed by atoms with van der Waals surface area (Å²) in [4.78, 5) is 3.95. The molecule has 2 unspecified atom stereocenters. The summed E-state index contributed by atoms with van der Waals surface area (Å²) < 4.78 is 0. The van der Waals surface area contributed by atoms with Gasteiger partial charge in [-0.3, -0.25) is 4.90 Å². The van der Waals surface area contributed by atoms with E-state index in [2.05, 4.69) is 55.5 Å². The van der Waals surface area contributed by atoms with E-state index < -0.39 is 0 Å². The Morgan fingerprint density at radius 2 is 2.33 bits per heavy atom. The van der Waals surface area contributed by atoms with E-state index in [0.717, 1.165) is 6.54 Å². The van der Waals surface area contributed by atoms with Gasteiger partial charge in [-0.25, -0.2) is 0 Å². The van der Waals surface area contributed by atoms with E-state index in [1.54, 1.807) is 0 Å². The van der Waals surface area contributed by atoms with Crippen LogP contribution in [0.2, 0.25) is 0 Å². The fraction of sp³-hybridized carbons (Fsp3) is 0.733. The van der Waals surface area contributed by atoms with Crippen LogP contribution >= 0.6 is 11.3 Å². The third-order valence-corrected chi connectivity index (χ3v) is 5.46. The van der Waals surface area contributed by atoms with Crippen LogP contribution in [-0.4, -0.2) is 31.1 Å². The quantitative estimate of drug-likeness (QED) is 0.897. The number of piperidine rings is 1. The summed E-state index contributed by atoms with van der Waals surface area (Å²) in [7, 11) is 2.25. The maximum atomic E-state index is 3.70. The summed E-state index contributed by atoms with van der Waals surface area (Å²) >= 11 is 1.86. The summed E-state index contributed by atoms with van der Waals surface area (Å²) in [6.45, 7) is 9.41. The van der Waals surface area contributed by atoms with Crippen LogP contribution in [0.15, 0.2) is 17.5 Å². The summed E-state index contributed by atoms with van der Waals surface area (Å²) in [5, 5.41) is 5.87. The van der Waals surface area contributed by atoms with Gasteiger partial charge in [-0.2, -0.15) is 0 Å². The largest absolute Gasteiger partial charge is 0.312 e. The highest BCUT2D eigenvalue weighted by molar-refractivity contribution is 7.10. The van der Waals surface area contributed by atoms with Crippen molar-refractivity contribution >= 4 is 11.3 Å². The molecule has 3 heteroatoms. The predicted octanol–water partition coefficient (Wildman–Crippen LogP) is 3.52. The first-order chi connectivity index (χ1) is 8.50. The van der Waals surface area contributed by atoms with Crippen LogP contribution in [0.3, 0.4) is 0 Å². The van der Waals surface area contributed by atoms with Gasteiger partial charge >= 0.3 is 0 Å². The molecule has 0 aromatic carbocycles. The van der Waals surface area contributed by atoms with Gasteiger partial charge in [0.15, 0.2) is 0 Å². The molecule has 2 rings (SSSR count). The van der Waals surface area contributed by atoms with Gasteiger partial charge < -0.3 is 5.32 Å². The first-order valence-electron chi connectivity index (χ1n) is 6.98. The van der Waals surface area contributed by atoms with Crippen molar-refractivity contribution in [2.24, 2.45) is 5.41 Å². The maximum Gasteiger partial charge on any atom is 0.0410 e. The molecule has 1 aliphatic heterocycles. The van der Waals surface area contributed by atoms with E-state index in [1.807, 2.05) is 11.3 Å². The fourth-order valence-corrected chi connectivity index (χ4v) is 3.62. The van der Waals surface area contributed by atoms with Crippen molar-refractivity contribution in [1.82, 2.24) is 10.2 Å². The van der Waals surface area contributed by atoms with Crippen molar-refractivity contribution < 1.29 is 0 Å². The molecule has 2 atom stereocenters. The minimum atomic E-state index is 0.418. The third kappa shape index (κ3) is 3.14. The smallest absolute Gasteiger partial charge is 0.0410 e. The molecule has 2 heterocycles. The van der Waals surface area contributed by atoms with Gasteiger partial charge in [0.25, 0.3) is 0 Å². The first kappa shape index (κ1) is 14.0. The highest BCUT2D eigenvalue weighted by Crippen LogP contribution is 2.32. The van der Waals surface area contributed by atoms with Crippen LogP contribution in [0.5, 0.6) is 0 Å². The molecule has 1 aromatic heterocycles. The van der Waals surface area contributed by atoms with Gasteiger partial charge in [0.05, 0.1) is 0 Å². The number of hydrogen-bond acceptors (Lipinski definition) is 3. The van der Waals surface area contributed by atoms with Gasteiger partial charge in [0, 0.05) is 23.5 Å². The second-order valence-corrected chi connectivity index (χ2v) is 7.21. The molecule has 1 N–H and O–H groups in total. The molecule has 2 nitrogen and oxygen atoms in total. The fourth-order valence-electron chi connectivity index (χ4n) is 2.77. The third-order valence-electron chi connectivity index (χ3n) is 4.42. The molecule has 0 saturated carbocycles. The Bertz CT molecular complexity index is 359. The van der Waals surface area contributed by atoms with Crippen LogP contribution in [0.1, 0.15) is 44.5 Å². The van der Waals surface area contributed by atoms with Crippen molar-refractivity contribution in [3.63, 3.8) is 0 Å². The van der Waals surface area contributed by atoms with Crippen LogP contribution in [-0.2, 0) is 0 Å². The Kier molecular flexibility index (Phi) is 4.46. The van der Waals surface area contributed by atoms with Crippen LogP contribution in [0.25, 0.3) is 0 Å². The standard InChI is InChI=1S/C15H26N2S/c1-12(13-7-5-10-18-13)17(4)11-14-15(2,3)8-6-9-16-14/h5,7,10,12,14,16H,6,8-9,11H2,1-4H3. The van der Waals surface area contributed by atoms with E-state index >= 15 is 0 Å². The summed E-state index contributed by atoms with van der Waals surface area (Å²) in [6.07, 6.45) is 2.65. The number of thiophene rings is 1. The molecular formula is C15H26N2S. The normalized spacial score (nSPS) is 25.3. The zero-order chi connectivity index (χ0) is 13.2. The lowest BCUT2D eigenvalue weighted by molar-refractivity contribution is 0.123. The van der Waals surface area contributed by atoms with Crippen LogP contribution < -0.4 is 5.32 Å². The van der Waals surface area contributed by atoms with E-state index in [9.17, 15) is 0 Å². The molecule has 18 heavy (non-hydrogen) atoms. The lowest BCUT2D eigenvalue weighted by Gasteiger charge is -2.42. The number of likely N-dealkylation sites (N-methyl/N-ethyl adjacent to an activating group) is 1. The van der Waals surface area contributed by atoms with Crippen molar-refractivity contribution in [2.45, 2.75) is 45.7 Å². The van der Waals surface area contributed by atoms with Gasteiger partial charge in [-0.15, -0.1) is 11.3 Å². The molecule has 0 aliphatic carbocycles. The SMILES string of the molecule is CC(c1cccs1)N(C)CC1NCCCC1(C)C. The van der Waals surface area contributed by atoms with E-state index in [4.69, 9.17) is 0 Å². The van der Waals surface area contributed by atoms with Crippen molar-refractivity contribution in [3.05, 3.63) is 22.4 Å². The monoisotopic (exact) mass is 266 g/mol. The Hall–Kier alpha value is -0.380. The molecule has 0 bridgehead atoms. The minimum absolute atomic E-state index is 0.418. The van der Waals surface area contributed by atoms with Crippen LogP contribution in [0.4, 0.5) is 0 Å². The number of nitrogens with zero attached hydrogens (tertiary/aromatic N) is 1. The van der Waals surface area contributed by atoms with E-state index in [1.165, 1.54) is 24.3 Å². The lowest BCUT2D eigenvalue weighted by atomic mass is 9.77. The summed E-state index contributed by atoms with van der Waals surface area (Å²) in [5.74, 6) is 0. The second kappa shape index (κ2) is 5.72. The zero-order valence-corrected chi connectivity index (χ0v) is 12.9. The lowest BCUT2D eigenvalue weighted by Crippen LogP contribution is -2.52. The Labute approximate surface area is 115 Å². The topological polar surface area (TPSA) is 15.3 Å².